The van der Waals surface area contributed by atoms with Gasteiger partial charge in [-0.2, -0.15) is 0 Å². The first-order chi connectivity index (χ1) is 13.2. The molecule has 0 rings (SSSR count). The lowest BCUT2D eigenvalue weighted by molar-refractivity contribution is 0.252. The van der Waals surface area contributed by atoms with Crippen molar-refractivity contribution in [2.75, 3.05) is 0 Å². The fourth-order valence-corrected chi connectivity index (χ4v) is 4.84. The van der Waals surface area contributed by atoms with Crippen LogP contribution < -0.4 is 0 Å². The SMILES string of the molecule is CCCCCCC(CCCC)CC(CC)CC(CCCC)CCCCCC. The summed E-state index contributed by atoms with van der Waals surface area (Å²) in [4.78, 5) is 0. The van der Waals surface area contributed by atoms with Crippen LogP contribution in [-0.4, -0.2) is 0 Å². The van der Waals surface area contributed by atoms with Crippen LogP contribution >= 0.6 is 0 Å². The monoisotopic (exact) mass is 380 g/mol. The highest BCUT2D eigenvalue weighted by Gasteiger charge is 2.19. The largest absolute Gasteiger partial charge is 0.0654 e. The van der Waals surface area contributed by atoms with Crippen molar-refractivity contribution in [1.82, 2.24) is 0 Å². The van der Waals surface area contributed by atoms with Crippen LogP contribution in [0.15, 0.2) is 0 Å². The predicted molar refractivity (Wildman–Crippen MR) is 127 cm³/mol. The summed E-state index contributed by atoms with van der Waals surface area (Å²) in [5, 5.41) is 0. The molecule has 0 aromatic heterocycles. The first-order valence-electron chi connectivity index (χ1n) is 13.2. The van der Waals surface area contributed by atoms with Gasteiger partial charge in [0, 0.05) is 0 Å². The van der Waals surface area contributed by atoms with E-state index < -0.39 is 0 Å². The topological polar surface area (TPSA) is 0 Å². The Balaban J connectivity index is 4.51. The van der Waals surface area contributed by atoms with Gasteiger partial charge in [0.1, 0.15) is 0 Å². The van der Waals surface area contributed by atoms with E-state index in [1.54, 1.807) is 0 Å². The van der Waals surface area contributed by atoms with Gasteiger partial charge in [0.2, 0.25) is 0 Å². The molecule has 0 fully saturated rings. The smallest absolute Gasteiger partial charge is 0.0412 e. The zero-order chi connectivity index (χ0) is 20.2. The van der Waals surface area contributed by atoms with Crippen molar-refractivity contribution in [2.24, 2.45) is 17.8 Å². The van der Waals surface area contributed by atoms with Crippen LogP contribution in [0.3, 0.4) is 0 Å². The van der Waals surface area contributed by atoms with Gasteiger partial charge in [-0.3, -0.25) is 0 Å². The molecule has 0 bridgehead atoms. The molecular weight excluding hydrogens is 324 g/mol. The van der Waals surface area contributed by atoms with E-state index in [0.717, 1.165) is 17.8 Å². The second-order valence-electron chi connectivity index (χ2n) is 9.46. The third kappa shape index (κ3) is 16.6. The van der Waals surface area contributed by atoms with Gasteiger partial charge in [0.25, 0.3) is 0 Å². The molecule has 0 saturated carbocycles. The molecule has 0 saturated heterocycles. The second-order valence-corrected chi connectivity index (χ2v) is 9.46. The molecule has 2 unspecified atom stereocenters. The zero-order valence-corrected chi connectivity index (χ0v) is 20.2. The van der Waals surface area contributed by atoms with E-state index >= 15 is 0 Å². The lowest BCUT2D eigenvalue weighted by atomic mass is 9.79. The third-order valence-corrected chi connectivity index (χ3v) is 6.77. The molecule has 0 aliphatic heterocycles. The molecular formula is C27H56. The average molecular weight is 381 g/mol. The Morgan fingerprint density at radius 2 is 0.741 bits per heavy atom. The maximum Gasteiger partial charge on any atom is -0.0412 e. The maximum absolute atomic E-state index is 2.46. The van der Waals surface area contributed by atoms with Gasteiger partial charge in [0.05, 0.1) is 0 Å². The van der Waals surface area contributed by atoms with Gasteiger partial charge in [-0.15, -0.1) is 0 Å². The lowest BCUT2D eigenvalue weighted by Gasteiger charge is -2.27. The average Bonchev–Trinajstić information content (AvgIpc) is 2.69. The van der Waals surface area contributed by atoms with Crippen molar-refractivity contribution in [2.45, 2.75) is 157 Å². The highest BCUT2D eigenvalue weighted by molar-refractivity contribution is 4.71. The van der Waals surface area contributed by atoms with Crippen molar-refractivity contribution in [3.8, 4) is 0 Å². The molecule has 0 heterocycles. The Morgan fingerprint density at radius 1 is 0.370 bits per heavy atom. The normalized spacial score (nSPS) is 15.0. The summed E-state index contributed by atoms with van der Waals surface area (Å²) >= 11 is 0. The van der Waals surface area contributed by atoms with E-state index in [1.165, 1.54) is 122 Å². The molecule has 0 aromatic carbocycles. The van der Waals surface area contributed by atoms with Gasteiger partial charge in [-0.25, -0.2) is 0 Å². The van der Waals surface area contributed by atoms with E-state index in [2.05, 4.69) is 34.6 Å². The minimum Gasteiger partial charge on any atom is -0.0654 e. The predicted octanol–water partition coefficient (Wildman–Crippen LogP) is 10.3. The summed E-state index contributed by atoms with van der Waals surface area (Å²) in [6, 6.07) is 0. The number of rotatable bonds is 21. The van der Waals surface area contributed by atoms with Gasteiger partial charge < -0.3 is 0 Å². The molecule has 2 atom stereocenters. The van der Waals surface area contributed by atoms with E-state index in [1.807, 2.05) is 0 Å². The summed E-state index contributed by atoms with van der Waals surface area (Å²) in [7, 11) is 0. The van der Waals surface area contributed by atoms with Crippen LogP contribution in [0.25, 0.3) is 0 Å². The van der Waals surface area contributed by atoms with Gasteiger partial charge >= 0.3 is 0 Å². The van der Waals surface area contributed by atoms with Crippen molar-refractivity contribution >= 4 is 0 Å². The second kappa shape index (κ2) is 20.7. The molecule has 164 valence electrons. The highest BCUT2D eigenvalue weighted by Crippen LogP contribution is 2.33. The lowest BCUT2D eigenvalue weighted by Crippen LogP contribution is -2.14. The maximum atomic E-state index is 2.46. The molecule has 0 aliphatic carbocycles. The molecule has 0 spiro atoms. The minimum atomic E-state index is 0.992. The summed E-state index contributed by atoms with van der Waals surface area (Å²) < 4.78 is 0. The van der Waals surface area contributed by atoms with E-state index in [9.17, 15) is 0 Å². The molecule has 0 amide bonds. The molecule has 0 nitrogen and oxygen atoms in total. The molecule has 0 heteroatoms. The Kier molecular flexibility index (Phi) is 20.7. The standard InChI is InChI=1S/C27H56/c1-6-11-15-17-21-26(19-13-8-3)23-25(10-5)24-27(20-14-9-4)22-18-16-12-7-2/h25-27H,6-24H2,1-5H3. The number of hydrogen-bond acceptors (Lipinski definition) is 0. The van der Waals surface area contributed by atoms with Crippen molar-refractivity contribution in [3.63, 3.8) is 0 Å². The van der Waals surface area contributed by atoms with Crippen LogP contribution in [0.5, 0.6) is 0 Å². The number of unbranched alkanes of at least 4 members (excludes halogenated alkanes) is 8. The van der Waals surface area contributed by atoms with Crippen LogP contribution in [0.2, 0.25) is 0 Å². The molecule has 0 aromatic rings. The molecule has 0 aliphatic rings. The first-order valence-corrected chi connectivity index (χ1v) is 13.2. The molecule has 0 N–H and O–H groups in total. The first kappa shape index (κ1) is 27.0. The van der Waals surface area contributed by atoms with Crippen LogP contribution in [-0.2, 0) is 0 Å². The Bertz CT molecular complexity index is 243. The van der Waals surface area contributed by atoms with Crippen LogP contribution in [0, 0.1) is 17.8 Å². The van der Waals surface area contributed by atoms with E-state index in [-0.39, 0.29) is 0 Å². The van der Waals surface area contributed by atoms with E-state index in [4.69, 9.17) is 0 Å². The Morgan fingerprint density at radius 3 is 1.07 bits per heavy atom. The number of hydrogen-bond donors (Lipinski definition) is 0. The summed E-state index contributed by atoms with van der Waals surface area (Å²) in [5.74, 6) is 3.02. The zero-order valence-electron chi connectivity index (χ0n) is 20.2. The van der Waals surface area contributed by atoms with Crippen molar-refractivity contribution < 1.29 is 0 Å². The minimum absolute atomic E-state index is 0.992. The summed E-state index contributed by atoms with van der Waals surface area (Å²) in [5.41, 5.74) is 0. The third-order valence-electron chi connectivity index (χ3n) is 6.77. The molecule has 27 heavy (non-hydrogen) atoms. The fraction of sp³-hybridized carbons (Fsp3) is 1.00. The van der Waals surface area contributed by atoms with Crippen molar-refractivity contribution in [1.29, 1.82) is 0 Å². The summed E-state index contributed by atoms with van der Waals surface area (Å²) in [6.45, 7) is 11.9. The van der Waals surface area contributed by atoms with Gasteiger partial charge in [-0.05, 0) is 30.6 Å². The quantitative estimate of drug-likeness (QED) is 0.174. The van der Waals surface area contributed by atoms with Gasteiger partial charge in [-0.1, -0.05) is 144 Å². The Hall–Kier alpha value is 0. The van der Waals surface area contributed by atoms with Crippen LogP contribution in [0.4, 0.5) is 0 Å². The van der Waals surface area contributed by atoms with Gasteiger partial charge in [0.15, 0.2) is 0 Å². The summed E-state index contributed by atoms with van der Waals surface area (Å²) in [6.07, 6.45) is 27.6. The molecule has 0 radical (unpaired) electrons. The highest BCUT2D eigenvalue weighted by atomic mass is 14.2. The Labute approximate surface area is 174 Å². The fourth-order valence-electron chi connectivity index (χ4n) is 4.84. The van der Waals surface area contributed by atoms with Crippen molar-refractivity contribution in [3.05, 3.63) is 0 Å². The van der Waals surface area contributed by atoms with E-state index in [0.29, 0.717) is 0 Å². The van der Waals surface area contributed by atoms with Crippen LogP contribution in [0.1, 0.15) is 157 Å².